The molecule has 7 nitrogen and oxygen atoms in total. The van der Waals surface area contributed by atoms with E-state index in [0.717, 1.165) is 12.8 Å². The summed E-state index contributed by atoms with van der Waals surface area (Å²) < 4.78 is 18.1. The van der Waals surface area contributed by atoms with Crippen molar-refractivity contribution in [2.45, 2.75) is 97.9 Å². The fourth-order valence-corrected chi connectivity index (χ4v) is 5.54. The SMILES string of the molecule is CC(C)C[C@H](NC(=O)CNC(=O)OC(C)(C)C)B1O[C@@H]2C[C@@H]3CC(C3(C)C)[C@]2(C)O1. The monoisotopic (exact) mass is 422 g/mol. The molecule has 2 bridgehead atoms. The van der Waals surface area contributed by atoms with Crippen LogP contribution in [0.1, 0.15) is 74.7 Å². The zero-order valence-corrected chi connectivity index (χ0v) is 19.8. The second-order valence-electron chi connectivity index (χ2n) is 11.5. The van der Waals surface area contributed by atoms with Crippen LogP contribution < -0.4 is 10.6 Å². The van der Waals surface area contributed by atoms with Crippen molar-refractivity contribution in [1.29, 1.82) is 0 Å². The molecule has 0 aromatic carbocycles. The van der Waals surface area contributed by atoms with Gasteiger partial charge in [0.2, 0.25) is 5.91 Å². The van der Waals surface area contributed by atoms with Gasteiger partial charge in [0.05, 0.1) is 24.2 Å². The molecular weight excluding hydrogens is 383 g/mol. The summed E-state index contributed by atoms with van der Waals surface area (Å²) in [5, 5.41) is 5.54. The molecule has 170 valence electrons. The smallest absolute Gasteiger partial charge is 0.444 e. The van der Waals surface area contributed by atoms with Crippen molar-refractivity contribution in [2.75, 3.05) is 6.54 Å². The third-order valence-corrected chi connectivity index (χ3v) is 7.16. The summed E-state index contributed by atoms with van der Waals surface area (Å²) in [5.74, 6) is 0.980. The second-order valence-corrected chi connectivity index (χ2v) is 11.5. The molecule has 1 heterocycles. The summed E-state index contributed by atoms with van der Waals surface area (Å²) >= 11 is 0. The van der Waals surface area contributed by atoms with Crippen LogP contribution in [0.15, 0.2) is 0 Å². The molecule has 8 heteroatoms. The van der Waals surface area contributed by atoms with Crippen LogP contribution in [0.2, 0.25) is 0 Å². The molecule has 1 saturated heterocycles. The molecule has 5 atom stereocenters. The highest BCUT2D eigenvalue weighted by atomic mass is 16.7. The number of amides is 2. The molecule has 1 unspecified atom stereocenters. The average Bonchev–Trinajstić information content (AvgIpc) is 2.94. The Morgan fingerprint density at radius 2 is 1.87 bits per heavy atom. The average molecular weight is 422 g/mol. The van der Waals surface area contributed by atoms with Crippen LogP contribution in [-0.4, -0.2) is 48.9 Å². The number of alkyl carbamates (subject to hydrolysis) is 1. The van der Waals surface area contributed by atoms with Gasteiger partial charge in [0.1, 0.15) is 5.60 Å². The Hall–Kier alpha value is -1.28. The lowest BCUT2D eigenvalue weighted by atomic mass is 9.43. The molecule has 2 amide bonds. The van der Waals surface area contributed by atoms with Crippen LogP contribution in [0, 0.1) is 23.2 Å². The standard InChI is InChI=1S/C22H39BN2O5/c1-13(2)9-17(25-18(26)12-24-19(27)28-20(3,4)5)23-29-16-11-14-10-15(21(14,6)7)22(16,8)30-23/h13-17H,9-12H2,1-8H3,(H,24,27)(H,25,26)/t14-,15?,16+,17-,22-/m0/s1. The quantitative estimate of drug-likeness (QED) is 0.642. The van der Waals surface area contributed by atoms with E-state index in [1.54, 1.807) is 20.8 Å². The van der Waals surface area contributed by atoms with Gasteiger partial charge in [-0.3, -0.25) is 4.79 Å². The number of ether oxygens (including phenoxy) is 1. The first-order chi connectivity index (χ1) is 13.7. The van der Waals surface area contributed by atoms with Gasteiger partial charge in [-0.05, 0) is 70.1 Å². The molecule has 0 aromatic heterocycles. The maximum absolute atomic E-state index is 12.5. The minimum absolute atomic E-state index is 0.0747. The number of rotatable bonds is 6. The predicted molar refractivity (Wildman–Crippen MR) is 116 cm³/mol. The molecule has 2 N–H and O–H groups in total. The van der Waals surface area contributed by atoms with Gasteiger partial charge in [0.25, 0.3) is 0 Å². The maximum atomic E-state index is 12.5. The van der Waals surface area contributed by atoms with Crippen LogP contribution in [0.3, 0.4) is 0 Å². The summed E-state index contributed by atoms with van der Waals surface area (Å²) in [7, 11) is -0.469. The number of nitrogens with one attached hydrogen (secondary N) is 2. The number of carbonyl (C=O) groups excluding carboxylic acids is 2. The van der Waals surface area contributed by atoms with Gasteiger partial charge in [-0.15, -0.1) is 0 Å². The number of carbonyl (C=O) groups is 2. The van der Waals surface area contributed by atoms with Crippen molar-refractivity contribution in [3.8, 4) is 0 Å². The number of hydrogen-bond acceptors (Lipinski definition) is 5. The Bertz CT molecular complexity index is 677. The first kappa shape index (κ1) is 23.4. The third-order valence-electron chi connectivity index (χ3n) is 7.16. The van der Waals surface area contributed by atoms with Gasteiger partial charge in [-0.1, -0.05) is 27.7 Å². The minimum Gasteiger partial charge on any atom is -0.444 e. The van der Waals surface area contributed by atoms with Gasteiger partial charge in [0, 0.05) is 0 Å². The third kappa shape index (κ3) is 4.64. The second kappa shape index (κ2) is 8.01. The lowest BCUT2D eigenvalue weighted by Gasteiger charge is -2.64. The Morgan fingerprint density at radius 1 is 1.20 bits per heavy atom. The number of hydrogen-bond donors (Lipinski definition) is 2. The van der Waals surface area contributed by atoms with E-state index >= 15 is 0 Å². The molecule has 30 heavy (non-hydrogen) atoms. The molecule has 0 spiro atoms. The Kier molecular flexibility index (Phi) is 6.24. The van der Waals surface area contributed by atoms with E-state index < -0.39 is 18.8 Å². The Labute approximate surface area is 181 Å². The molecule has 0 aromatic rings. The largest absolute Gasteiger partial charge is 0.481 e. The van der Waals surface area contributed by atoms with Gasteiger partial charge < -0.3 is 24.7 Å². The van der Waals surface area contributed by atoms with Gasteiger partial charge in [-0.25, -0.2) is 4.79 Å². The van der Waals surface area contributed by atoms with E-state index in [9.17, 15) is 9.59 Å². The van der Waals surface area contributed by atoms with E-state index in [1.165, 1.54) is 6.42 Å². The summed E-state index contributed by atoms with van der Waals surface area (Å²) in [6.45, 7) is 16.3. The van der Waals surface area contributed by atoms with E-state index in [4.69, 9.17) is 14.0 Å². The zero-order valence-electron chi connectivity index (χ0n) is 19.8. The predicted octanol–water partition coefficient (Wildman–Crippen LogP) is 3.31. The topological polar surface area (TPSA) is 85.9 Å². The Morgan fingerprint density at radius 3 is 2.43 bits per heavy atom. The molecule has 0 radical (unpaired) electrons. The minimum atomic E-state index is -0.605. The molecule has 1 aliphatic heterocycles. The summed E-state index contributed by atoms with van der Waals surface area (Å²) in [6.07, 6.45) is 2.41. The zero-order chi connectivity index (χ0) is 22.5. The normalized spacial score (nSPS) is 32.8. The highest BCUT2D eigenvalue weighted by molar-refractivity contribution is 6.47. The molecular formula is C22H39BN2O5. The van der Waals surface area contributed by atoms with E-state index in [2.05, 4.69) is 45.3 Å². The maximum Gasteiger partial charge on any atom is 0.481 e. The molecule has 3 saturated carbocycles. The fraction of sp³-hybridized carbons (Fsp3) is 0.909. The van der Waals surface area contributed by atoms with Crippen LogP contribution in [0.4, 0.5) is 4.79 Å². The van der Waals surface area contributed by atoms with Crippen LogP contribution >= 0.6 is 0 Å². The van der Waals surface area contributed by atoms with E-state index in [0.29, 0.717) is 17.8 Å². The van der Waals surface area contributed by atoms with Crippen LogP contribution in [0.5, 0.6) is 0 Å². The molecule has 3 aliphatic carbocycles. The fourth-order valence-electron chi connectivity index (χ4n) is 5.54. The van der Waals surface area contributed by atoms with Gasteiger partial charge >= 0.3 is 13.2 Å². The molecule has 4 aliphatic rings. The lowest BCUT2D eigenvalue weighted by molar-refractivity contribution is -0.199. The molecule has 4 fully saturated rings. The summed E-state index contributed by atoms with van der Waals surface area (Å²) in [6, 6.07) is 0. The Balaban J connectivity index is 1.60. The first-order valence-electron chi connectivity index (χ1n) is 11.3. The van der Waals surface area contributed by atoms with Crippen molar-refractivity contribution < 1.29 is 23.6 Å². The van der Waals surface area contributed by atoms with E-state index in [1.807, 2.05) is 0 Å². The van der Waals surface area contributed by atoms with Crippen molar-refractivity contribution in [3.05, 3.63) is 0 Å². The van der Waals surface area contributed by atoms with Crippen molar-refractivity contribution >= 4 is 19.1 Å². The summed E-state index contributed by atoms with van der Waals surface area (Å²) in [4.78, 5) is 24.4. The van der Waals surface area contributed by atoms with Crippen molar-refractivity contribution in [1.82, 2.24) is 10.6 Å². The lowest BCUT2D eigenvalue weighted by Crippen LogP contribution is -2.65. The summed E-state index contributed by atoms with van der Waals surface area (Å²) in [5.41, 5.74) is -0.637. The van der Waals surface area contributed by atoms with Crippen molar-refractivity contribution in [2.24, 2.45) is 23.2 Å². The van der Waals surface area contributed by atoms with Crippen LogP contribution in [0.25, 0.3) is 0 Å². The highest BCUT2D eigenvalue weighted by Crippen LogP contribution is 2.65. The first-order valence-corrected chi connectivity index (χ1v) is 11.3. The van der Waals surface area contributed by atoms with Crippen LogP contribution in [-0.2, 0) is 18.8 Å². The molecule has 4 rings (SSSR count). The van der Waals surface area contributed by atoms with E-state index in [-0.39, 0.29) is 35.5 Å². The highest BCUT2D eigenvalue weighted by Gasteiger charge is 2.68. The van der Waals surface area contributed by atoms with Gasteiger partial charge in [-0.2, -0.15) is 0 Å². The van der Waals surface area contributed by atoms with Crippen molar-refractivity contribution in [3.63, 3.8) is 0 Å². The van der Waals surface area contributed by atoms with Gasteiger partial charge in [0.15, 0.2) is 0 Å².